The zero-order valence-corrected chi connectivity index (χ0v) is 15.3. The number of carbonyl (C=O) groups excluding carboxylic acids is 1. The van der Waals surface area contributed by atoms with Crippen molar-refractivity contribution in [2.75, 3.05) is 12.1 Å². The molecule has 1 aliphatic heterocycles. The Morgan fingerprint density at radius 1 is 1.03 bits per heavy atom. The van der Waals surface area contributed by atoms with E-state index in [9.17, 15) is 14.4 Å². The maximum atomic E-state index is 12.7. The number of amides is 1. The van der Waals surface area contributed by atoms with Gasteiger partial charge in [0.15, 0.2) is 11.5 Å². The molecule has 0 atom stereocenters. The monoisotopic (exact) mass is 403 g/mol. The zero-order chi connectivity index (χ0) is 20.7. The number of rotatable bonds is 3. The molecular weight excluding hydrogens is 390 g/mol. The van der Waals surface area contributed by atoms with Crippen LogP contribution in [0.4, 0.5) is 5.69 Å². The highest BCUT2D eigenvalue weighted by atomic mass is 16.7. The van der Waals surface area contributed by atoms with E-state index < -0.39 is 17.1 Å². The van der Waals surface area contributed by atoms with Gasteiger partial charge < -0.3 is 24.2 Å². The highest BCUT2D eigenvalue weighted by Crippen LogP contribution is 2.39. The summed E-state index contributed by atoms with van der Waals surface area (Å²) in [6.45, 7) is 0.0657. The average molecular weight is 403 g/mol. The van der Waals surface area contributed by atoms with Gasteiger partial charge in [0.25, 0.3) is 11.5 Å². The van der Waals surface area contributed by atoms with Crippen molar-refractivity contribution in [3.05, 3.63) is 81.2 Å². The van der Waals surface area contributed by atoms with Crippen LogP contribution in [0.2, 0.25) is 0 Å². The van der Waals surface area contributed by atoms with E-state index in [0.29, 0.717) is 22.6 Å². The van der Waals surface area contributed by atoms with Gasteiger partial charge in [-0.25, -0.2) is 9.78 Å². The summed E-state index contributed by atoms with van der Waals surface area (Å²) in [4.78, 5) is 44.5. The number of aromatic amines is 1. The first kappa shape index (κ1) is 17.7. The van der Waals surface area contributed by atoms with Crippen LogP contribution in [0.3, 0.4) is 0 Å². The molecule has 4 aromatic rings. The Morgan fingerprint density at radius 2 is 1.83 bits per heavy atom. The van der Waals surface area contributed by atoms with Gasteiger partial charge in [-0.1, -0.05) is 24.3 Å². The number of hydrogen-bond donors (Lipinski definition) is 2. The molecule has 1 aliphatic rings. The highest BCUT2D eigenvalue weighted by Gasteiger charge is 2.24. The predicted octanol–water partition coefficient (Wildman–Crippen LogP) is 2.52. The third-order valence-corrected chi connectivity index (χ3v) is 4.65. The van der Waals surface area contributed by atoms with E-state index in [1.807, 2.05) is 0 Å². The second-order valence-corrected chi connectivity index (χ2v) is 6.44. The summed E-state index contributed by atoms with van der Waals surface area (Å²) in [5.41, 5.74) is -0.696. The predicted molar refractivity (Wildman–Crippen MR) is 107 cm³/mol. The molecule has 30 heavy (non-hydrogen) atoms. The van der Waals surface area contributed by atoms with Crippen LogP contribution in [0, 0.1) is 0 Å². The number of hydrogen-bond acceptors (Lipinski definition) is 7. The average Bonchev–Trinajstić information content (AvgIpc) is 3.23. The normalized spacial score (nSPS) is 12.1. The Hall–Kier alpha value is -4.40. The summed E-state index contributed by atoms with van der Waals surface area (Å²) in [6.07, 6.45) is 1.14. The first-order valence-electron chi connectivity index (χ1n) is 8.93. The van der Waals surface area contributed by atoms with Gasteiger partial charge in [-0.05, 0) is 29.8 Å². The number of H-pyrrole nitrogens is 1. The molecule has 5 rings (SSSR count). The van der Waals surface area contributed by atoms with Crippen molar-refractivity contribution >= 4 is 22.7 Å². The number of nitrogens with zero attached hydrogens (tertiary/aromatic N) is 1. The Labute approximate surface area is 167 Å². The second-order valence-electron chi connectivity index (χ2n) is 6.44. The number of carbonyl (C=O) groups is 1. The number of ether oxygens (including phenoxy) is 2. The Morgan fingerprint density at radius 3 is 2.67 bits per heavy atom. The van der Waals surface area contributed by atoms with Crippen LogP contribution in [0.5, 0.6) is 11.5 Å². The van der Waals surface area contributed by atoms with Gasteiger partial charge in [0.05, 0.1) is 6.33 Å². The number of anilines is 1. The van der Waals surface area contributed by atoms with E-state index in [2.05, 4.69) is 15.3 Å². The van der Waals surface area contributed by atoms with Crippen LogP contribution in [0.1, 0.15) is 10.4 Å². The highest BCUT2D eigenvalue weighted by molar-refractivity contribution is 6.09. The number of aromatic nitrogens is 2. The lowest BCUT2D eigenvalue weighted by atomic mass is 10.0. The lowest BCUT2D eigenvalue weighted by molar-refractivity contribution is 0.102. The molecule has 9 heteroatoms. The van der Waals surface area contributed by atoms with Crippen LogP contribution in [0.25, 0.3) is 22.2 Å². The zero-order valence-electron chi connectivity index (χ0n) is 15.3. The van der Waals surface area contributed by atoms with Crippen molar-refractivity contribution in [2.45, 2.75) is 0 Å². The standard InChI is InChI=1S/C21H13N3O6/c25-18(11-4-2-1-3-5-11)24-17-15(12-6-7-13-14(8-12)29-10-28-13)16-19(26)22-9-23-20(16)30-21(17)27/h1-9H,10H2,(H,24,25)(H,22,23,26). The molecule has 2 aromatic carbocycles. The second kappa shape index (κ2) is 6.89. The summed E-state index contributed by atoms with van der Waals surface area (Å²) < 4.78 is 15.9. The van der Waals surface area contributed by atoms with Crippen molar-refractivity contribution in [3.63, 3.8) is 0 Å². The molecule has 0 saturated carbocycles. The first-order chi connectivity index (χ1) is 14.6. The fraction of sp³-hybridized carbons (Fsp3) is 0.0476. The van der Waals surface area contributed by atoms with Gasteiger partial charge in [-0.3, -0.25) is 9.59 Å². The van der Waals surface area contributed by atoms with Crippen molar-refractivity contribution < 1.29 is 18.7 Å². The fourth-order valence-corrected chi connectivity index (χ4v) is 3.28. The minimum atomic E-state index is -0.836. The van der Waals surface area contributed by atoms with Crippen molar-refractivity contribution in [3.8, 4) is 22.6 Å². The van der Waals surface area contributed by atoms with E-state index in [-0.39, 0.29) is 29.1 Å². The summed E-state index contributed by atoms with van der Waals surface area (Å²) in [5, 5.41) is 2.61. The summed E-state index contributed by atoms with van der Waals surface area (Å²) in [6, 6.07) is 13.3. The smallest absolute Gasteiger partial charge is 0.362 e. The molecule has 2 N–H and O–H groups in total. The molecular formula is C21H13N3O6. The SMILES string of the molecule is O=C(Nc1c(-c2ccc3c(c2)OCO3)c2c(=O)[nH]cnc2oc1=O)c1ccccc1. The molecule has 9 nitrogen and oxygen atoms in total. The van der Waals surface area contributed by atoms with Crippen molar-refractivity contribution in [1.82, 2.24) is 9.97 Å². The molecule has 0 radical (unpaired) electrons. The molecule has 0 fully saturated rings. The lowest BCUT2D eigenvalue weighted by Crippen LogP contribution is -2.21. The van der Waals surface area contributed by atoms with Crippen LogP contribution in [0.15, 0.2) is 68.9 Å². The molecule has 3 heterocycles. The van der Waals surface area contributed by atoms with E-state index in [4.69, 9.17) is 13.9 Å². The van der Waals surface area contributed by atoms with E-state index >= 15 is 0 Å². The van der Waals surface area contributed by atoms with Gasteiger partial charge in [-0.15, -0.1) is 0 Å². The Kier molecular flexibility index (Phi) is 4.06. The first-order valence-corrected chi connectivity index (χ1v) is 8.93. The van der Waals surface area contributed by atoms with Crippen LogP contribution < -0.4 is 26.0 Å². The van der Waals surface area contributed by atoms with Crippen molar-refractivity contribution in [1.29, 1.82) is 0 Å². The number of benzene rings is 2. The molecule has 0 saturated heterocycles. The number of nitrogens with one attached hydrogen (secondary N) is 2. The maximum absolute atomic E-state index is 12.7. The maximum Gasteiger partial charge on any atom is 0.362 e. The molecule has 2 aromatic heterocycles. The molecule has 0 aliphatic carbocycles. The minimum Gasteiger partial charge on any atom is -0.454 e. The van der Waals surface area contributed by atoms with Gasteiger partial charge in [0, 0.05) is 11.1 Å². The third kappa shape index (κ3) is 2.89. The van der Waals surface area contributed by atoms with Crippen LogP contribution >= 0.6 is 0 Å². The van der Waals surface area contributed by atoms with Crippen molar-refractivity contribution in [2.24, 2.45) is 0 Å². The van der Waals surface area contributed by atoms with E-state index in [1.54, 1.807) is 48.5 Å². The Balaban J connectivity index is 1.76. The number of fused-ring (bicyclic) bond motifs is 2. The molecule has 0 unspecified atom stereocenters. The van der Waals surface area contributed by atoms with Gasteiger partial charge in [0.2, 0.25) is 12.5 Å². The minimum absolute atomic E-state index is 0.0272. The molecule has 1 amide bonds. The third-order valence-electron chi connectivity index (χ3n) is 4.65. The molecule has 0 spiro atoms. The van der Waals surface area contributed by atoms with E-state index in [0.717, 1.165) is 6.33 Å². The lowest BCUT2D eigenvalue weighted by Gasteiger charge is -2.12. The quantitative estimate of drug-likeness (QED) is 0.539. The summed E-state index contributed by atoms with van der Waals surface area (Å²) in [7, 11) is 0. The largest absolute Gasteiger partial charge is 0.454 e. The van der Waals surface area contributed by atoms with Gasteiger partial charge in [0.1, 0.15) is 11.1 Å². The van der Waals surface area contributed by atoms with Crippen LogP contribution in [-0.2, 0) is 0 Å². The topological polar surface area (TPSA) is 124 Å². The van der Waals surface area contributed by atoms with Crippen LogP contribution in [-0.4, -0.2) is 22.7 Å². The summed E-state index contributed by atoms with van der Waals surface area (Å²) in [5.74, 6) is 0.465. The fourth-order valence-electron chi connectivity index (χ4n) is 3.28. The molecule has 0 bridgehead atoms. The Bertz CT molecular complexity index is 1410. The van der Waals surface area contributed by atoms with Gasteiger partial charge >= 0.3 is 5.63 Å². The molecule has 148 valence electrons. The summed E-state index contributed by atoms with van der Waals surface area (Å²) >= 11 is 0. The van der Waals surface area contributed by atoms with E-state index in [1.165, 1.54) is 0 Å². The van der Waals surface area contributed by atoms with Gasteiger partial charge in [-0.2, -0.15) is 0 Å².